The molecular formula is C17H24ClN5O. The molecule has 2 N–H and O–H groups in total. The van der Waals surface area contributed by atoms with Crippen LogP contribution in [0.3, 0.4) is 0 Å². The van der Waals surface area contributed by atoms with Crippen molar-refractivity contribution in [3.05, 3.63) is 53.6 Å². The number of aryl methyl sites for hydroxylation is 1. The molecule has 0 aliphatic carbocycles. The Labute approximate surface area is 148 Å². The minimum atomic E-state index is -0.0513. The first kappa shape index (κ1) is 18.4. The average molecular weight is 350 g/mol. The Morgan fingerprint density at radius 2 is 2.12 bits per heavy atom. The molecule has 2 aromatic rings. The Morgan fingerprint density at radius 3 is 2.75 bits per heavy atom. The highest BCUT2D eigenvalue weighted by Crippen LogP contribution is 2.22. The van der Waals surface area contributed by atoms with Crippen molar-refractivity contribution >= 4 is 18.3 Å². The van der Waals surface area contributed by atoms with Gasteiger partial charge in [-0.2, -0.15) is 0 Å². The van der Waals surface area contributed by atoms with Gasteiger partial charge >= 0.3 is 0 Å². The first-order valence-corrected chi connectivity index (χ1v) is 7.92. The highest BCUT2D eigenvalue weighted by Gasteiger charge is 2.26. The molecule has 7 heteroatoms. The normalized spacial score (nSPS) is 18.0. The third-order valence-electron chi connectivity index (χ3n) is 4.34. The van der Waals surface area contributed by atoms with E-state index in [1.54, 1.807) is 7.05 Å². The smallest absolute Gasteiger partial charge is 0.251 e. The van der Waals surface area contributed by atoms with E-state index >= 15 is 0 Å². The molecule has 24 heavy (non-hydrogen) atoms. The summed E-state index contributed by atoms with van der Waals surface area (Å²) in [4.78, 5) is 18.6. The lowest BCUT2D eigenvalue weighted by Gasteiger charge is -2.35. The van der Waals surface area contributed by atoms with Gasteiger partial charge in [0.05, 0.1) is 6.04 Å². The Balaban J connectivity index is 0.00000208. The molecule has 6 nitrogen and oxygen atoms in total. The summed E-state index contributed by atoms with van der Waals surface area (Å²) >= 11 is 0. The Morgan fingerprint density at radius 1 is 1.38 bits per heavy atom. The highest BCUT2D eigenvalue weighted by molar-refractivity contribution is 5.93. The van der Waals surface area contributed by atoms with E-state index in [2.05, 4.69) is 25.1 Å². The SMILES string of the molecule is CNC(=O)c1ccc(CN2CCNCC2c2nccn2C)cc1.Cl. The van der Waals surface area contributed by atoms with Crippen molar-refractivity contribution in [2.45, 2.75) is 12.6 Å². The summed E-state index contributed by atoms with van der Waals surface area (Å²) in [6.45, 7) is 3.72. The van der Waals surface area contributed by atoms with Gasteiger partial charge in [-0.15, -0.1) is 12.4 Å². The first-order chi connectivity index (χ1) is 11.2. The zero-order chi connectivity index (χ0) is 16.2. The number of hydrogen-bond acceptors (Lipinski definition) is 4. The van der Waals surface area contributed by atoms with Gasteiger partial charge in [0.15, 0.2) is 0 Å². The summed E-state index contributed by atoms with van der Waals surface area (Å²) < 4.78 is 2.08. The predicted molar refractivity (Wildman–Crippen MR) is 96.3 cm³/mol. The maximum Gasteiger partial charge on any atom is 0.251 e. The molecule has 0 saturated carbocycles. The third-order valence-corrected chi connectivity index (χ3v) is 4.34. The van der Waals surface area contributed by atoms with Crippen molar-refractivity contribution in [1.29, 1.82) is 0 Å². The van der Waals surface area contributed by atoms with E-state index in [1.807, 2.05) is 43.7 Å². The summed E-state index contributed by atoms with van der Waals surface area (Å²) in [5, 5.41) is 6.10. The molecule has 0 bridgehead atoms. The van der Waals surface area contributed by atoms with Crippen molar-refractivity contribution in [2.75, 3.05) is 26.7 Å². The molecule has 1 aliphatic rings. The fourth-order valence-electron chi connectivity index (χ4n) is 3.03. The number of carbonyl (C=O) groups is 1. The van der Waals surface area contributed by atoms with Gasteiger partial charge in [0.25, 0.3) is 5.91 Å². The van der Waals surface area contributed by atoms with E-state index < -0.39 is 0 Å². The van der Waals surface area contributed by atoms with Crippen LogP contribution in [0, 0.1) is 0 Å². The van der Waals surface area contributed by atoms with Crippen LogP contribution < -0.4 is 10.6 Å². The molecule has 1 aromatic carbocycles. The van der Waals surface area contributed by atoms with Crippen LogP contribution in [0.4, 0.5) is 0 Å². The molecule has 130 valence electrons. The second-order valence-electron chi connectivity index (χ2n) is 5.86. The first-order valence-electron chi connectivity index (χ1n) is 7.92. The zero-order valence-corrected chi connectivity index (χ0v) is 14.8. The number of amides is 1. The lowest BCUT2D eigenvalue weighted by Crippen LogP contribution is -2.46. The van der Waals surface area contributed by atoms with E-state index in [0.29, 0.717) is 5.56 Å². The van der Waals surface area contributed by atoms with Crippen LogP contribution in [-0.4, -0.2) is 47.0 Å². The molecule has 1 aliphatic heterocycles. The van der Waals surface area contributed by atoms with Gasteiger partial charge in [0.2, 0.25) is 0 Å². The quantitative estimate of drug-likeness (QED) is 0.874. The van der Waals surface area contributed by atoms with E-state index in [0.717, 1.165) is 32.0 Å². The fourth-order valence-corrected chi connectivity index (χ4v) is 3.03. The van der Waals surface area contributed by atoms with Gasteiger partial charge in [0, 0.05) is 58.2 Å². The molecule has 2 heterocycles. The molecule has 1 fully saturated rings. The minimum Gasteiger partial charge on any atom is -0.355 e. The van der Waals surface area contributed by atoms with Gasteiger partial charge in [-0.25, -0.2) is 4.98 Å². The molecule has 3 rings (SSSR count). The lowest BCUT2D eigenvalue weighted by molar-refractivity contribution is 0.0963. The number of imidazole rings is 1. The maximum atomic E-state index is 11.6. The van der Waals surface area contributed by atoms with E-state index in [-0.39, 0.29) is 24.4 Å². The summed E-state index contributed by atoms with van der Waals surface area (Å²) in [7, 11) is 3.68. The molecule has 1 unspecified atom stereocenters. The largest absolute Gasteiger partial charge is 0.355 e. The second-order valence-corrected chi connectivity index (χ2v) is 5.86. The zero-order valence-electron chi connectivity index (χ0n) is 14.0. The summed E-state index contributed by atoms with van der Waals surface area (Å²) in [6.07, 6.45) is 3.83. The fraction of sp³-hybridized carbons (Fsp3) is 0.412. The highest BCUT2D eigenvalue weighted by atomic mass is 35.5. The van der Waals surface area contributed by atoms with Crippen molar-refractivity contribution in [3.8, 4) is 0 Å². The molecular weight excluding hydrogens is 326 g/mol. The van der Waals surface area contributed by atoms with Crippen molar-refractivity contribution in [2.24, 2.45) is 7.05 Å². The number of benzene rings is 1. The molecule has 1 saturated heterocycles. The predicted octanol–water partition coefficient (Wildman–Crippen LogP) is 1.35. The van der Waals surface area contributed by atoms with E-state index in [9.17, 15) is 4.79 Å². The van der Waals surface area contributed by atoms with Crippen LogP contribution in [0.5, 0.6) is 0 Å². The monoisotopic (exact) mass is 349 g/mol. The number of hydrogen-bond donors (Lipinski definition) is 2. The van der Waals surface area contributed by atoms with Crippen LogP contribution in [0.1, 0.15) is 27.8 Å². The van der Waals surface area contributed by atoms with Gasteiger partial charge < -0.3 is 15.2 Å². The van der Waals surface area contributed by atoms with Crippen LogP contribution >= 0.6 is 12.4 Å². The van der Waals surface area contributed by atoms with Gasteiger partial charge in [-0.1, -0.05) is 12.1 Å². The second kappa shape index (κ2) is 8.28. The van der Waals surface area contributed by atoms with Crippen LogP contribution in [0.15, 0.2) is 36.7 Å². The summed E-state index contributed by atoms with van der Waals surface area (Å²) in [5.41, 5.74) is 1.90. The Hall–Kier alpha value is -1.89. The van der Waals surface area contributed by atoms with Crippen LogP contribution in [0.2, 0.25) is 0 Å². The number of carbonyl (C=O) groups excluding carboxylic acids is 1. The standard InChI is InChI=1S/C17H23N5O.ClH/c1-18-17(23)14-5-3-13(4-6-14)12-22-10-7-19-11-15(22)16-20-8-9-21(16)2;/h3-6,8-9,15,19H,7,10-12H2,1-2H3,(H,18,23);1H. The number of halogens is 1. The third kappa shape index (κ3) is 3.95. The molecule has 1 amide bonds. The number of aromatic nitrogens is 2. The minimum absolute atomic E-state index is 0. The summed E-state index contributed by atoms with van der Waals surface area (Å²) in [5.74, 6) is 1.03. The number of piperazine rings is 1. The maximum absolute atomic E-state index is 11.6. The van der Waals surface area contributed by atoms with Crippen LogP contribution in [-0.2, 0) is 13.6 Å². The molecule has 0 spiro atoms. The lowest BCUT2D eigenvalue weighted by atomic mass is 10.1. The number of rotatable bonds is 4. The Kier molecular flexibility index (Phi) is 6.36. The van der Waals surface area contributed by atoms with Crippen molar-refractivity contribution < 1.29 is 4.79 Å². The average Bonchev–Trinajstić information content (AvgIpc) is 3.01. The Bertz CT molecular complexity index is 670. The van der Waals surface area contributed by atoms with E-state index in [1.165, 1.54) is 5.56 Å². The van der Waals surface area contributed by atoms with Crippen molar-refractivity contribution in [3.63, 3.8) is 0 Å². The molecule has 1 aromatic heterocycles. The van der Waals surface area contributed by atoms with Gasteiger partial charge in [-0.05, 0) is 17.7 Å². The van der Waals surface area contributed by atoms with Gasteiger partial charge in [-0.3, -0.25) is 9.69 Å². The molecule has 0 radical (unpaired) electrons. The molecule has 1 atom stereocenters. The topological polar surface area (TPSA) is 62.2 Å². The summed E-state index contributed by atoms with van der Waals surface area (Å²) in [6, 6.07) is 8.09. The number of nitrogens with one attached hydrogen (secondary N) is 2. The van der Waals surface area contributed by atoms with Crippen molar-refractivity contribution in [1.82, 2.24) is 25.1 Å². The van der Waals surface area contributed by atoms with Gasteiger partial charge in [0.1, 0.15) is 5.82 Å². The van der Waals surface area contributed by atoms with E-state index in [4.69, 9.17) is 0 Å². The van der Waals surface area contributed by atoms with Crippen LogP contribution in [0.25, 0.3) is 0 Å². The number of nitrogens with zero attached hydrogens (tertiary/aromatic N) is 3.